The van der Waals surface area contributed by atoms with Crippen molar-refractivity contribution < 1.29 is 19.2 Å². The van der Waals surface area contributed by atoms with Crippen LogP contribution < -0.4 is 10.8 Å². The minimum absolute atomic E-state index is 0.136. The lowest BCUT2D eigenvalue weighted by molar-refractivity contribution is 0.206. The predicted molar refractivity (Wildman–Crippen MR) is 98.4 cm³/mol. The van der Waals surface area contributed by atoms with E-state index in [0.717, 1.165) is 0 Å². The Labute approximate surface area is 142 Å². The highest BCUT2D eigenvalue weighted by atomic mass is 28.3. The van der Waals surface area contributed by atoms with Crippen molar-refractivity contribution in [1.29, 1.82) is 0 Å². The van der Waals surface area contributed by atoms with Gasteiger partial charge in [0.2, 0.25) is 0 Å². The van der Waals surface area contributed by atoms with E-state index in [4.69, 9.17) is 0 Å². The first-order valence-corrected chi connectivity index (χ1v) is 11.6. The van der Waals surface area contributed by atoms with Gasteiger partial charge in [-0.1, -0.05) is 31.8 Å². The van der Waals surface area contributed by atoms with Gasteiger partial charge >= 0.3 is 13.1 Å². The molecule has 0 bridgehead atoms. The first-order chi connectivity index (χ1) is 11.1. The fourth-order valence-corrected chi connectivity index (χ4v) is 4.70. The van der Waals surface area contributed by atoms with Crippen molar-refractivity contribution in [2.75, 3.05) is 13.1 Å². The quantitative estimate of drug-likeness (QED) is 0.818. The van der Waals surface area contributed by atoms with Gasteiger partial charge in [0.1, 0.15) is 13.9 Å². The Bertz CT molecular complexity index is 767. The Kier molecular flexibility index (Phi) is 5.22. The van der Waals surface area contributed by atoms with E-state index in [2.05, 4.69) is 0 Å². The van der Waals surface area contributed by atoms with Gasteiger partial charge in [0.25, 0.3) is 0 Å². The summed E-state index contributed by atoms with van der Waals surface area (Å²) in [6, 6.07) is 4.32. The van der Waals surface area contributed by atoms with Crippen LogP contribution in [0.25, 0.3) is 10.9 Å². The Hall–Kier alpha value is -1.64. The summed E-state index contributed by atoms with van der Waals surface area (Å²) in [5, 5.41) is 20.0. The molecule has 8 heteroatoms. The van der Waals surface area contributed by atoms with E-state index < -0.39 is 21.0 Å². The summed E-state index contributed by atoms with van der Waals surface area (Å²) in [6.07, 6.45) is 0. The molecule has 0 saturated heterocycles. The Morgan fingerprint density at radius 3 is 2.29 bits per heavy atom. The highest BCUT2D eigenvalue weighted by Crippen LogP contribution is 2.21. The second kappa shape index (κ2) is 6.70. The molecule has 24 heavy (non-hydrogen) atoms. The van der Waals surface area contributed by atoms with E-state index in [1.807, 2.05) is 33.5 Å². The third kappa shape index (κ3) is 3.01. The van der Waals surface area contributed by atoms with Gasteiger partial charge in [-0.15, -0.1) is 0 Å². The first kappa shape index (κ1) is 18.7. The van der Waals surface area contributed by atoms with Crippen molar-refractivity contribution in [3.8, 4) is 0 Å². The number of fused-ring (bicyclic) bond motifs is 1. The minimum atomic E-state index is -2.22. The average molecular weight is 350 g/mol. The van der Waals surface area contributed by atoms with Crippen molar-refractivity contribution in [3.63, 3.8) is 0 Å². The summed E-state index contributed by atoms with van der Waals surface area (Å²) in [6.45, 7) is 10.6. The maximum absolute atomic E-state index is 15.1. The number of aromatic nitrogens is 1. The summed E-state index contributed by atoms with van der Waals surface area (Å²) in [5.41, 5.74) is 0.385. The van der Waals surface area contributed by atoms with Gasteiger partial charge in [0.05, 0.1) is 5.52 Å². The molecule has 130 valence electrons. The third-order valence-electron chi connectivity index (χ3n) is 4.17. The van der Waals surface area contributed by atoms with E-state index in [-0.39, 0.29) is 22.4 Å². The number of nitrogens with zero attached hydrogens (tertiary/aromatic N) is 2. The van der Waals surface area contributed by atoms with Gasteiger partial charge in [-0.25, -0.2) is 9.18 Å². The normalized spacial score (nSPS) is 11.8. The highest BCUT2D eigenvalue weighted by Gasteiger charge is 2.34. The van der Waals surface area contributed by atoms with Crippen molar-refractivity contribution >= 4 is 42.9 Å². The molecule has 0 aliphatic heterocycles. The van der Waals surface area contributed by atoms with E-state index >= 15 is 4.39 Å². The average Bonchev–Trinajstić information content (AvgIpc) is 2.81. The molecule has 1 amide bonds. The zero-order chi connectivity index (χ0) is 18.2. The summed E-state index contributed by atoms with van der Waals surface area (Å²) in [5.74, 6) is -0.438. The molecule has 2 N–H and O–H groups in total. The molecule has 0 radical (unpaired) electrons. The van der Waals surface area contributed by atoms with Crippen LogP contribution in [0.15, 0.2) is 18.2 Å². The zero-order valence-electron chi connectivity index (χ0n) is 14.8. The highest BCUT2D eigenvalue weighted by molar-refractivity contribution is 6.88. The van der Waals surface area contributed by atoms with Crippen LogP contribution in [0.1, 0.15) is 13.8 Å². The van der Waals surface area contributed by atoms with Crippen LogP contribution in [0.3, 0.4) is 0 Å². The Morgan fingerprint density at radius 1 is 1.25 bits per heavy atom. The molecule has 5 nitrogen and oxygen atoms in total. The van der Waals surface area contributed by atoms with Crippen molar-refractivity contribution in [2.24, 2.45) is 0 Å². The third-order valence-corrected chi connectivity index (χ3v) is 6.04. The molecule has 0 unspecified atom stereocenters. The molecule has 2 rings (SSSR count). The number of halogens is 1. The van der Waals surface area contributed by atoms with Gasteiger partial charge in [-0.3, -0.25) is 4.57 Å². The van der Waals surface area contributed by atoms with Gasteiger partial charge in [-0.05, 0) is 19.9 Å². The van der Waals surface area contributed by atoms with Crippen molar-refractivity contribution in [3.05, 3.63) is 24.0 Å². The monoisotopic (exact) mass is 350 g/mol. The number of amides is 1. The first-order valence-electron chi connectivity index (χ1n) is 8.13. The van der Waals surface area contributed by atoms with Crippen LogP contribution in [0.2, 0.25) is 19.6 Å². The number of rotatable bonds is 4. The number of para-hydroxylation sites is 1. The van der Waals surface area contributed by atoms with Crippen LogP contribution in [-0.4, -0.2) is 53.8 Å². The molecule has 1 aromatic carbocycles. The Balaban J connectivity index is 2.95. The largest absolute Gasteiger partial charge is 0.490 e. The molecule has 0 fully saturated rings. The van der Waals surface area contributed by atoms with Crippen LogP contribution in [0.5, 0.6) is 0 Å². The molecule has 2 aromatic rings. The predicted octanol–water partition coefficient (Wildman–Crippen LogP) is 1.32. The standard InChI is InChI=1S/C16H24BFN2O3Si/c1-6-19(7-2)16(21)20-14-11(9-8-10-12(14)17(22)23)13(18)15(20)24(3,4)5/h8-10,22-23H,6-7H2,1-5H3. The zero-order valence-corrected chi connectivity index (χ0v) is 15.8. The molecular formula is C16H24BFN2O3Si. The van der Waals surface area contributed by atoms with Gasteiger partial charge in [0, 0.05) is 29.3 Å². The maximum atomic E-state index is 15.1. The van der Waals surface area contributed by atoms with Crippen LogP contribution in [0, 0.1) is 5.82 Å². The van der Waals surface area contributed by atoms with Crippen molar-refractivity contribution in [1.82, 2.24) is 9.47 Å². The van der Waals surface area contributed by atoms with E-state index in [1.165, 1.54) is 10.6 Å². The lowest BCUT2D eigenvalue weighted by atomic mass is 9.79. The van der Waals surface area contributed by atoms with Gasteiger partial charge in [-0.2, -0.15) is 0 Å². The smallest absolute Gasteiger partial charge is 0.423 e. The van der Waals surface area contributed by atoms with E-state index in [9.17, 15) is 14.8 Å². The number of hydrogen-bond donors (Lipinski definition) is 2. The maximum Gasteiger partial charge on any atom is 0.490 e. The number of benzene rings is 1. The summed E-state index contributed by atoms with van der Waals surface area (Å²) in [7, 11) is -4.00. The molecule has 0 aliphatic rings. The molecule has 0 aliphatic carbocycles. The second-order valence-electron chi connectivity index (χ2n) is 6.82. The van der Waals surface area contributed by atoms with Gasteiger partial charge < -0.3 is 14.9 Å². The minimum Gasteiger partial charge on any atom is -0.423 e. The van der Waals surface area contributed by atoms with Crippen molar-refractivity contribution in [2.45, 2.75) is 33.5 Å². The molecule has 0 atom stereocenters. The lowest BCUT2D eigenvalue weighted by Gasteiger charge is -2.25. The fraction of sp³-hybridized carbons (Fsp3) is 0.438. The van der Waals surface area contributed by atoms with Gasteiger partial charge in [0.15, 0.2) is 0 Å². The summed E-state index contributed by atoms with van der Waals surface area (Å²) < 4.78 is 16.5. The number of carbonyl (C=O) groups is 1. The number of hydrogen-bond acceptors (Lipinski definition) is 3. The van der Waals surface area contributed by atoms with E-state index in [1.54, 1.807) is 17.0 Å². The molecule has 1 aromatic heterocycles. The number of carbonyl (C=O) groups excluding carboxylic acids is 1. The van der Waals surface area contributed by atoms with E-state index in [0.29, 0.717) is 18.4 Å². The molecule has 0 saturated carbocycles. The lowest BCUT2D eigenvalue weighted by Crippen LogP contribution is -2.50. The molecule has 0 spiro atoms. The molecular weight excluding hydrogens is 326 g/mol. The summed E-state index contributed by atoms with van der Waals surface area (Å²) in [4.78, 5) is 14.7. The van der Waals surface area contributed by atoms with Crippen LogP contribution in [-0.2, 0) is 0 Å². The SMILES string of the molecule is CCN(CC)C(=O)n1c([Si](C)(C)C)c(F)c2cccc(B(O)O)c21. The summed E-state index contributed by atoms with van der Waals surface area (Å²) >= 11 is 0. The molecule has 1 heterocycles. The van der Waals surface area contributed by atoms with Crippen LogP contribution in [0.4, 0.5) is 9.18 Å². The van der Waals surface area contributed by atoms with Crippen LogP contribution >= 0.6 is 0 Å². The second-order valence-corrected chi connectivity index (χ2v) is 11.8. The topological polar surface area (TPSA) is 65.7 Å². The Morgan fingerprint density at radius 2 is 1.83 bits per heavy atom. The fourth-order valence-electron chi connectivity index (χ4n) is 3.03.